The molecule has 4 N–H and O–H groups in total. The van der Waals surface area contributed by atoms with Gasteiger partial charge in [-0.25, -0.2) is 9.97 Å². The molecular weight excluding hydrogens is 696 g/mol. The first kappa shape index (κ1) is 37.6. The second-order valence-corrected chi connectivity index (χ2v) is 14.5. The minimum absolute atomic E-state index is 0.00714. The number of piperidine rings is 1. The summed E-state index contributed by atoms with van der Waals surface area (Å²) in [5.41, 5.74) is 1.49. The zero-order valence-electron chi connectivity index (χ0n) is 30.0. The molecule has 4 heterocycles. The van der Waals surface area contributed by atoms with E-state index < -0.39 is 5.60 Å². The van der Waals surface area contributed by atoms with Gasteiger partial charge in [0.1, 0.15) is 11.3 Å². The van der Waals surface area contributed by atoms with Crippen molar-refractivity contribution in [2.24, 2.45) is 5.92 Å². The van der Waals surface area contributed by atoms with Crippen LogP contribution in [0.1, 0.15) is 48.2 Å². The smallest absolute Gasteiger partial charge is 0.267 e. The molecule has 6 rings (SSSR count). The maximum atomic E-state index is 14.0. The number of benzene rings is 2. The Morgan fingerprint density at radius 3 is 2.55 bits per heavy atom. The highest BCUT2D eigenvalue weighted by atomic mass is 35.5. The van der Waals surface area contributed by atoms with Crippen LogP contribution in [0.2, 0.25) is 5.02 Å². The predicted molar refractivity (Wildman–Crippen MR) is 205 cm³/mol. The number of likely N-dealkylation sites (tertiary alicyclic amines) is 1. The molecule has 0 saturated carbocycles. The number of H-pyrrole nitrogens is 1. The molecule has 3 amide bonds. The van der Waals surface area contributed by atoms with Gasteiger partial charge in [0.2, 0.25) is 11.8 Å². The molecule has 1 atom stereocenters. The van der Waals surface area contributed by atoms with E-state index in [-0.39, 0.29) is 35.7 Å². The molecule has 1 aliphatic rings. The van der Waals surface area contributed by atoms with Crippen molar-refractivity contribution in [3.8, 4) is 0 Å². The molecule has 1 aliphatic heterocycles. The molecule has 14 heteroatoms. The molecule has 0 spiro atoms. The zero-order chi connectivity index (χ0) is 37.5. The summed E-state index contributed by atoms with van der Waals surface area (Å²) in [5, 5.41) is 18.9. The van der Waals surface area contributed by atoms with Gasteiger partial charge in [-0.3, -0.25) is 23.7 Å². The lowest BCUT2D eigenvalue weighted by molar-refractivity contribution is -0.140. The monoisotopic (exact) mass is 740 g/mol. The van der Waals surface area contributed by atoms with Gasteiger partial charge in [-0.05, 0) is 82.1 Å². The van der Waals surface area contributed by atoms with E-state index >= 15 is 0 Å². The second-order valence-electron chi connectivity index (χ2n) is 14.1. The Labute approximate surface area is 312 Å². The van der Waals surface area contributed by atoms with Crippen LogP contribution < -0.4 is 16.2 Å². The van der Waals surface area contributed by atoms with Gasteiger partial charge in [-0.1, -0.05) is 41.9 Å². The zero-order valence-corrected chi connectivity index (χ0v) is 30.7. The van der Waals surface area contributed by atoms with Crippen LogP contribution in [0, 0.1) is 5.92 Å². The number of nitrogens with zero attached hydrogens (tertiary/aromatic N) is 5. The molecule has 3 aromatic heterocycles. The average molecular weight is 741 g/mol. The number of hydrogen-bond acceptors (Lipinski definition) is 8. The van der Waals surface area contributed by atoms with Gasteiger partial charge in [0.05, 0.1) is 34.4 Å². The molecule has 1 unspecified atom stereocenters. The van der Waals surface area contributed by atoms with Crippen molar-refractivity contribution >= 4 is 56.9 Å². The molecule has 0 radical (unpaired) electrons. The maximum Gasteiger partial charge on any atom is 0.267 e. The molecule has 0 bridgehead atoms. The third-order valence-electron chi connectivity index (χ3n) is 9.78. The van der Waals surface area contributed by atoms with E-state index in [4.69, 9.17) is 11.6 Å². The first-order chi connectivity index (χ1) is 25.5. The van der Waals surface area contributed by atoms with Gasteiger partial charge in [0.25, 0.3) is 11.5 Å². The normalized spacial score (nSPS) is 14.8. The van der Waals surface area contributed by atoms with Crippen molar-refractivity contribution in [2.45, 2.75) is 50.7 Å². The maximum absolute atomic E-state index is 14.0. The summed E-state index contributed by atoms with van der Waals surface area (Å²) in [4.78, 5) is 67.9. The fourth-order valence-corrected chi connectivity index (χ4v) is 6.95. The number of aliphatic hydroxyl groups is 1. The predicted octanol–water partition coefficient (Wildman–Crippen LogP) is 4.24. The summed E-state index contributed by atoms with van der Waals surface area (Å²) in [7, 11) is 3.80. The summed E-state index contributed by atoms with van der Waals surface area (Å²) >= 11 is 6.23. The van der Waals surface area contributed by atoms with Gasteiger partial charge in [0, 0.05) is 55.8 Å². The standard InChI is InChI=1S/C39H45ClN8O5/c1-46(2)18-13-34(49)44-28-10-11-29-32(22-28)43-25-48(38(29)52)24-39(53)14-19-47(20-15-39)37(51)27(21-26-7-4-3-5-8-26)9-6-16-42-36(50)33-23-30-31(40)12-17-41-35(30)45-33/h3-5,7-8,10-12,17,22-23,25,27,53H,6,9,13-16,18-21,24H2,1-2H3,(H,41,45)(H,42,50)(H,44,49). The molecule has 0 aliphatic carbocycles. The van der Waals surface area contributed by atoms with Crippen molar-refractivity contribution in [3.05, 3.63) is 99.8 Å². The summed E-state index contributed by atoms with van der Waals surface area (Å²) in [6, 6.07) is 18.2. The van der Waals surface area contributed by atoms with Crippen molar-refractivity contribution in [1.29, 1.82) is 0 Å². The second kappa shape index (κ2) is 16.7. The number of rotatable bonds is 14. The Bertz CT molecular complexity index is 2140. The van der Waals surface area contributed by atoms with E-state index in [1.54, 1.807) is 41.4 Å². The quantitative estimate of drug-likeness (QED) is 0.123. The van der Waals surface area contributed by atoms with E-state index in [0.29, 0.717) is 103 Å². The van der Waals surface area contributed by atoms with Crippen LogP contribution in [-0.2, 0) is 22.6 Å². The van der Waals surface area contributed by atoms with Crippen LogP contribution in [-0.4, -0.2) is 98.0 Å². The molecule has 2 aromatic carbocycles. The van der Waals surface area contributed by atoms with E-state index in [1.807, 2.05) is 49.3 Å². The minimum atomic E-state index is -1.20. The lowest BCUT2D eigenvalue weighted by Gasteiger charge is -2.39. The lowest BCUT2D eigenvalue weighted by atomic mass is 9.88. The first-order valence-corrected chi connectivity index (χ1v) is 18.3. The fourth-order valence-electron chi connectivity index (χ4n) is 6.75. The summed E-state index contributed by atoms with van der Waals surface area (Å²) in [6.45, 7) is 1.75. The fraction of sp³-hybridized carbons (Fsp3) is 0.385. The number of nitrogens with one attached hydrogen (secondary N) is 3. The van der Waals surface area contributed by atoms with Crippen molar-refractivity contribution in [2.75, 3.05) is 45.6 Å². The van der Waals surface area contributed by atoms with Gasteiger partial charge in [0.15, 0.2) is 0 Å². The molecule has 278 valence electrons. The SMILES string of the molecule is CN(C)CCC(=O)Nc1ccc2c(=O)n(CC3(O)CCN(C(=O)C(CCCNC(=O)c4cc5c(Cl)ccnc5[nH]4)Cc4ccccc4)CC3)cnc2c1. The molecule has 1 fully saturated rings. The largest absolute Gasteiger partial charge is 0.388 e. The van der Waals surface area contributed by atoms with E-state index in [9.17, 15) is 24.3 Å². The van der Waals surface area contributed by atoms with Crippen molar-refractivity contribution in [3.63, 3.8) is 0 Å². The third kappa shape index (κ3) is 9.47. The lowest BCUT2D eigenvalue weighted by Crippen LogP contribution is -2.51. The minimum Gasteiger partial charge on any atom is -0.388 e. The number of aromatic amines is 1. The molecule has 5 aromatic rings. The molecule has 13 nitrogen and oxygen atoms in total. The number of fused-ring (bicyclic) bond motifs is 2. The van der Waals surface area contributed by atoms with Gasteiger partial charge in [-0.15, -0.1) is 0 Å². The number of hydrogen-bond donors (Lipinski definition) is 4. The summed E-state index contributed by atoms with van der Waals surface area (Å²) < 4.78 is 1.42. The number of carbonyl (C=O) groups excluding carboxylic acids is 3. The Morgan fingerprint density at radius 2 is 1.81 bits per heavy atom. The van der Waals surface area contributed by atoms with E-state index in [1.165, 1.54) is 10.9 Å². The van der Waals surface area contributed by atoms with Crippen LogP contribution in [0.3, 0.4) is 0 Å². The Balaban J connectivity index is 1.05. The first-order valence-electron chi connectivity index (χ1n) is 17.9. The Kier molecular flexibility index (Phi) is 11.9. The molecule has 1 saturated heterocycles. The van der Waals surface area contributed by atoms with Crippen molar-refractivity contribution < 1.29 is 19.5 Å². The molecule has 53 heavy (non-hydrogen) atoms. The Hall–Kier alpha value is -5.11. The van der Waals surface area contributed by atoms with Crippen LogP contribution >= 0.6 is 11.6 Å². The van der Waals surface area contributed by atoms with Crippen LogP contribution in [0.15, 0.2) is 78.0 Å². The highest BCUT2D eigenvalue weighted by Crippen LogP contribution is 2.27. The highest BCUT2D eigenvalue weighted by Gasteiger charge is 2.36. The number of anilines is 1. The number of pyridine rings is 1. The van der Waals surface area contributed by atoms with Gasteiger partial charge < -0.3 is 30.5 Å². The topological polar surface area (TPSA) is 166 Å². The van der Waals surface area contributed by atoms with Gasteiger partial charge in [-0.2, -0.15) is 0 Å². The average Bonchev–Trinajstić information content (AvgIpc) is 3.60. The van der Waals surface area contributed by atoms with Crippen LogP contribution in [0.4, 0.5) is 5.69 Å². The Morgan fingerprint density at radius 1 is 1.04 bits per heavy atom. The summed E-state index contributed by atoms with van der Waals surface area (Å²) in [5.74, 6) is -0.704. The van der Waals surface area contributed by atoms with Gasteiger partial charge >= 0.3 is 0 Å². The number of carbonyl (C=O) groups is 3. The summed E-state index contributed by atoms with van der Waals surface area (Å²) in [6.07, 6.45) is 5.67. The van der Waals surface area contributed by atoms with E-state index in [0.717, 1.165) is 5.56 Å². The molecular formula is C39H45ClN8O5. The van der Waals surface area contributed by atoms with Crippen LogP contribution in [0.25, 0.3) is 21.9 Å². The van der Waals surface area contributed by atoms with Crippen LogP contribution in [0.5, 0.6) is 0 Å². The number of aromatic nitrogens is 4. The highest BCUT2D eigenvalue weighted by molar-refractivity contribution is 6.35. The van der Waals surface area contributed by atoms with Crippen molar-refractivity contribution in [1.82, 2.24) is 34.6 Å². The number of amides is 3. The van der Waals surface area contributed by atoms with E-state index in [2.05, 4.69) is 25.6 Å². The third-order valence-corrected chi connectivity index (χ3v) is 10.1. The number of halogens is 1.